The second-order valence-corrected chi connectivity index (χ2v) is 10.2. The predicted octanol–water partition coefficient (Wildman–Crippen LogP) is 3.83. The summed E-state index contributed by atoms with van der Waals surface area (Å²) in [5.74, 6) is -0.717. The zero-order chi connectivity index (χ0) is 24.4. The van der Waals surface area contributed by atoms with Crippen LogP contribution >= 0.6 is 11.6 Å². The predicted molar refractivity (Wildman–Crippen MR) is 133 cm³/mol. The molecule has 2 aromatic carbocycles. The summed E-state index contributed by atoms with van der Waals surface area (Å²) in [6.45, 7) is 4.14. The Morgan fingerprint density at radius 3 is 2.33 bits per heavy atom. The number of carbonyl (C=O) groups is 2. The minimum Gasteiger partial charge on any atom is -0.354 e. The highest BCUT2D eigenvalue weighted by atomic mass is 35.5. The molecule has 0 fully saturated rings. The molecule has 0 aliphatic rings. The molecule has 2 rings (SSSR count). The maximum absolute atomic E-state index is 13.5. The van der Waals surface area contributed by atoms with E-state index in [1.54, 1.807) is 18.2 Å². The quantitative estimate of drug-likeness (QED) is 0.455. The first-order chi connectivity index (χ1) is 15.7. The first-order valence-corrected chi connectivity index (χ1v) is 13.2. The van der Waals surface area contributed by atoms with E-state index >= 15 is 0 Å². The SMILES string of the molecule is CCCCNC(=O)[C@H](CC)N(Cc1ccccc1)C(=O)CN(c1cccc(Cl)c1)S(C)(=O)=O. The monoisotopic (exact) mass is 493 g/mol. The van der Waals surface area contributed by atoms with Crippen molar-refractivity contribution < 1.29 is 18.0 Å². The number of anilines is 1. The van der Waals surface area contributed by atoms with Crippen LogP contribution in [0.3, 0.4) is 0 Å². The molecular formula is C24H32ClN3O4S. The zero-order valence-corrected chi connectivity index (χ0v) is 20.9. The molecule has 0 aromatic heterocycles. The second kappa shape index (κ2) is 12.6. The molecule has 33 heavy (non-hydrogen) atoms. The van der Waals surface area contributed by atoms with E-state index in [4.69, 9.17) is 11.6 Å². The summed E-state index contributed by atoms with van der Waals surface area (Å²) in [6.07, 6.45) is 3.21. The van der Waals surface area contributed by atoms with Gasteiger partial charge in [-0.25, -0.2) is 8.42 Å². The van der Waals surface area contributed by atoms with E-state index in [-0.39, 0.29) is 12.5 Å². The maximum atomic E-state index is 13.5. The van der Waals surface area contributed by atoms with Crippen molar-refractivity contribution in [2.24, 2.45) is 0 Å². The fraction of sp³-hybridized carbons (Fsp3) is 0.417. The van der Waals surface area contributed by atoms with E-state index in [2.05, 4.69) is 5.32 Å². The minimum absolute atomic E-state index is 0.187. The summed E-state index contributed by atoms with van der Waals surface area (Å²) in [7, 11) is -3.78. The topological polar surface area (TPSA) is 86.8 Å². The van der Waals surface area contributed by atoms with Gasteiger partial charge in [-0.15, -0.1) is 0 Å². The molecule has 0 saturated carbocycles. The summed E-state index contributed by atoms with van der Waals surface area (Å²) < 4.78 is 26.1. The second-order valence-electron chi connectivity index (χ2n) is 7.83. The number of rotatable bonds is 12. The summed E-state index contributed by atoms with van der Waals surface area (Å²) in [5.41, 5.74) is 1.14. The van der Waals surface area contributed by atoms with Gasteiger partial charge in [0.05, 0.1) is 11.9 Å². The average Bonchev–Trinajstić information content (AvgIpc) is 2.77. The Hall–Kier alpha value is -2.58. The fourth-order valence-electron chi connectivity index (χ4n) is 3.45. The minimum atomic E-state index is -3.78. The van der Waals surface area contributed by atoms with Crippen molar-refractivity contribution in [3.05, 3.63) is 65.2 Å². The smallest absolute Gasteiger partial charge is 0.244 e. The van der Waals surface area contributed by atoms with Gasteiger partial charge in [-0.3, -0.25) is 13.9 Å². The number of amides is 2. The number of nitrogens with one attached hydrogen (secondary N) is 1. The van der Waals surface area contributed by atoms with Gasteiger partial charge < -0.3 is 10.2 Å². The van der Waals surface area contributed by atoms with Gasteiger partial charge in [-0.1, -0.05) is 68.3 Å². The molecule has 0 spiro atoms. The summed E-state index contributed by atoms with van der Waals surface area (Å²) in [5, 5.41) is 3.25. The van der Waals surface area contributed by atoms with Crippen LogP contribution in [0.15, 0.2) is 54.6 Å². The zero-order valence-electron chi connectivity index (χ0n) is 19.3. The van der Waals surface area contributed by atoms with Crippen LogP contribution in [0.25, 0.3) is 0 Å². The van der Waals surface area contributed by atoms with Gasteiger partial charge in [0.25, 0.3) is 0 Å². The normalized spacial score (nSPS) is 12.1. The van der Waals surface area contributed by atoms with Crippen molar-refractivity contribution in [1.82, 2.24) is 10.2 Å². The molecule has 0 unspecified atom stereocenters. The van der Waals surface area contributed by atoms with Crippen molar-refractivity contribution in [3.63, 3.8) is 0 Å². The molecule has 1 atom stereocenters. The van der Waals surface area contributed by atoms with E-state index in [0.717, 1.165) is 29.0 Å². The molecule has 0 bridgehead atoms. The number of nitrogens with zero attached hydrogens (tertiary/aromatic N) is 2. The van der Waals surface area contributed by atoms with Crippen molar-refractivity contribution in [2.45, 2.75) is 45.7 Å². The Morgan fingerprint density at radius 1 is 1.06 bits per heavy atom. The first kappa shape index (κ1) is 26.7. The molecule has 7 nitrogen and oxygen atoms in total. The molecule has 0 aliphatic carbocycles. The Labute approximate surface area is 201 Å². The van der Waals surface area contributed by atoms with Crippen molar-refractivity contribution in [3.8, 4) is 0 Å². The molecule has 0 heterocycles. The number of hydrogen-bond acceptors (Lipinski definition) is 4. The van der Waals surface area contributed by atoms with Crippen LogP contribution in [0.2, 0.25) is 5.02 Å². The van der Waals surface area contributed by atoms with E-state index in [0.29, 0.717) is 23.7 Å². The summed E-state index contributed by atoms with van der Waals surface area (Å²) in [4.78, 5) is 27.9. The number of benzene rings is 2. The lowest BCUT2D eigenvalue weighted by molar-refractivity contribution is -0.140. The van der Waals surface area contributed by atoms with E-state index in [1.165, 1.54) is 11.0 Å². The van der Waals surface area contributed by atoms with Crippen LogP contribution in [0.4, 0.5) is 5.69 Å². The van der Waals surface area contributed by atoms with Crippen LogP contribution in [0, 0.1) is 0 Å². The highest BCUT2D eigenvalue weighted by Crippen LogP contribution is 2.23. The number of sulfonamides is 1. The standard InChI is InChI=1S/C24H32ClN3O4S/c1-4-6-15-26-24(30)22(5-2)27(17-19-11-8-7-9-12-19)23(29)18-28(33(3,31)32)21-14-10-13-20(25)16-21/h7-14,16,22H,4-6,15,17-18H2,1-3H3,(H,26,30)/t22-/m0/s1. The van der Waals surface area contributed by atoms with Crippen LogP contribution in [0.5, 0.6) is 0 Å². The van der Waals surface area contributed by atoms with Gasteiger partial charge in [0, 0.05) is 18.1 Å². The van der Waals surface area contributed by atoms with Gasteiger partial charge in [0.15, 0.2) is 0 Å². The van der Waals surface area contributed by atoms with E-state index in [9.17, 15) is 18.0 Å². The van der Waals surface area contributed by atoms with Crippen molar-refractivity contribution in [2.75, 3.05) is 23.7 Å². The molecule has 0 saturated heterocycles. The molecule has 1 N–H and O–H groups in total. The Morgan fingerprint density at radius 2 is 1.76 bits per heavy atom. The molecular weight excluding hydrogens is 462 g/mol. The molecule has 9 heteroatoms. The third kappa shape index (κ3) is 8.05. The van der Waals surface area contributed by atoms with Crippen LogP contribution in [-0.2, 0) is 26.2 Å². The average molecular weight is 494 g/mol. The third-order valence-electron chi connectivity index (χ3n) is 5.19. The van der Waals surface area contributed by atoms with Gasteiger partial charge in [0.2, 0.25) is 21.8 Å². The lowest BCUT2D eigenvalue weighted by atomic mass is 10.1. The third-order valence-corrected chi connectivity index (χ3v) is 6.56. The number of halogens is 1. The molecule has 0 aliphatic heterocycles. The van der Waals surface area contributed by atoms with E-state index in [1.807, 2.05) is 44.2 Å². The number of carbonyl (C=O) groups excluding carboxylic acids is 2. The fourth-order valence-corrected chi connectivity index (χ4v) is 4.48. The highest BCUT2D eigenvalue weighted by molar-refractivity contribution is 7.92. The van der Waals surface area contributed by atoms with E-state index < -0.39 is 28.5 Å². The van der Waals surface area contributed by atoms with Crippen LogP contribution in [0.1, 0.15) is 38.7 Å². The lowest BCUT2D eigenvalue weighted by Crippen LogP contribution is -2.52. The molecule has 2 aromatic rings. The van der Waals surface area contributed by atoms with Crippen LogP contribution in [-0.4, -0.2) is 50.5 Å². The van der Waals surface area contributed by atoms with Gasteiger partial charge in [-0.2, -0.15) is 0 Å². The molecule has 0 radical (unpaired) electrons. The van der Waals surface area contributed by atoms with Gasteiger partial charge >= 0.3 is 0 Å². The summed E-state index contributed by atoms with van der Waals surface area (Å²) in [6, 6.07) is 14.9. The van der Waals surface area contributed by atoms with Gasteiger partial charge in [0.1, 0.15) is 12.6 Å². The maximum Gasteiger partial charge on any atom is 0.244 e. The largest absolute Gasteiger partial charge is 0.354 e. The van der Waals surface area contributed by atoms with Crippen LogP contribution < -0.4 is 9.62 Å². The first-order valence-electron chi connectivity index (χ1n) is 11.0. The molecule has 2 amide bonds. The lowest BCUT2D eigenvalue weighted by Gasteiger charge is -2.33. The number of unbranched alkanes of at least 4 members (excludes halogenated alkanes) is 1. The number of hydrogen-bond donors (Lipinski definition) is 1. The van der Waals surface area contributed by atoms with Crippen molar-refractivity contribution in [1.29, 1.82) is 0 Å². The molecule has 180 valence electrons. The summed E-state index contributed by atoms with van der Waals surface area (Å²) >= 11 is 6.05. The van der Waals surface area contributed by atoms with Gasteiger partial charge in [-0.05, 0) is 36.6 Å². The Bertz CT molecular complexity index is 1030. The Balaban J connectivity index is 2.37. The highest BCUT2D eigenvalue weighted by Gasteiger charge is 2.31. The van der Waals surface area contributed by atoms with Crippen molar-refractivity contribution >= 4 is 39.1 Å². The Kier molecular flexibility index (Phi) is 10.2.